The van der Waals surface area contributed by atoms with Crippen molar-refractivity contribution in [3.63, 3.8) is 0 Å². The van der Waals surface area contributed by atoms with Crippen LogP contribution in [-0.4, -0.2) is 60.9 Å². The number of likely N-dealkylation sites (N-methyl/N-ethyl adjacent to an activating group) is 1. The van der Waals surface area contributed by atoms with E-state index >= 15 is 0 Å². The third kappa shape index (κ3) is 4.93. The van der Waals surface area contributed by atoms with Crippen molar-refractivity contribution in [3.8, 4) is 11.5 Å². The molecule has 2 heterocycles. The third-order valence-electron chi connectivity index (χ3n) is 6.32. The van der Waals surface area contributed by atoms with E-state index in [0.29, 0.717) is 62.8 Å². The van der Waals surface area contributed by atoms with Crippen molar-refractivity contribution in [3.05, 3.63) is 59.4 Å². The van der Waals surface area contributed by atoms with E-state index in [2.05, 4.69) is 4.90 Å². The zero-order valence-electron chi connectivity index (χ0n) is 18.6. The summed E-state index contributed by atoms with van der Waals surface area (Å²) in [6.45, 7) is 4.63. The molecule has 170 valence electrons. The van der Waals surface area contributed by atoms with Gasteiger partial charge in [-0.25, -0.2) is 4.39 Å². The normalized spacial score (nSPS) is 17.6. The summed E-state index contributed by atoms with van der Waals surface area (Å²) in [5.41, 5.74) is 1.41. The predicted octanol–water partition coefficient (Wildman–Crippen LogP) is 3.54. The maximum Gasteiger partial charge on any atom is 0.239 e. The molecule has 0 bridgehead atoms. The summed E-state index contributed by atoms with van der Waals surface area (Å²) in [6.07, 6.45) is 1.41. The smallest absolute Gasteiger partial charge is 0.239 e. The van der Waals surface area contributed by atoms with Crippen molar-refractivity contribution in [1.82, 2.24) is 9.80 Å². The van der Waals surface area contributed by atoms with Crippen LogP contribution < -0.4 is 9.47 Å². The summed E-state index contributed by atoms with van der Waals surface area (Å²) < 4.78 is 24.6. The van der Waals surface area contributed by atoms with Gasteiger partial charge in [0.2, 0.25) is 5.91 Å². The molecule has 2 aromatic rings. The molecule has 32 heavy (non-hydrogen) atoms. The number of carbonyl (C=O) groups excluding carboxylic acids is 2. The lowest BCUT2D eigenvalue weighted by Crippen LogP contribution is -2.49. The Labute approximate surface area is 187 Å². The Kier molecular flexibility index (Phi) is 6.74. The van der Waals surface area contributed by atoms with Crippen molar-refractivity contribution < 1.29 is 23.5 Å². The van der Waals surface area contributed by atoms with Gasteiger partial charge >= 0.3 is 0 Å². The van der Waals surface area contributed by atoms with Gasteiger partial charge in [-0.05, 0) is 68.8 Å². The highest BCUT2D eigenvalue weighted by Crippen LogP contribution is 2.32. The van der Waals surface area contributed by atoms with Gasteiger partial charge in [0, 0.05) is 25.1 Å². The van der Waals surface area contributed by atoms with E-state index in [1.165, 1.54) is 12.1 Å². The molecule has 0 N–H and O–H groups in total. The second-order valence-corrected chi connectivity index (χ2v) is 8.53. The number of Topliss-reactive ketones (excluding diaryl/α,β-unsaturated/α-hetero) is 1. The maximum absolute atomic E-state index is 13.4. The number of fused-ring (bicyclic) bond motifs is 1. The molecule has 1 amide bonds. The van der Waals surface area contributed by atoms with Crippen LogP contribution in [0.1, 0.15) is 35.7 Å². The molecule has 0 radical (unpaired) electrons. The van der Waals surface area contributed by atoms with Crippen LogP contribution in [0.3, 0.4) is 0 Å². The molecular formula is C25H29FN2O4. The number of amides is 1. The number of likely N-dealkylation sites (tertiary alicyclic amines) is 1. The van der Waals surface area contributed by atoms with Crippen LogP contribution in [-0.2, 0) is 11.3 Å². The molecule has 0 saturated carbocycles. The molecule has 1 atom stereocenters. The molecule has 1 saturated heterocycles. The quantitative estimate of drug-likeness (QED) is 0.643. The first-order valence-electron chi connectivity index (χ1n) is 11.1. The lowest BCUT2D eigenvalue weighted by Gasteiger charge is -2.36. The van der Waals surface area contributed by atoms with Gasteiger partial charge in [-0.3, -0.25) is 14.5 Å². The average Bonchev–Trinajstić information content (AvgIpc) is 2.82. The number of rotatable bonds is 6. The first-order chi connectivity index (χ1) is 15.4. The number of halogens is 1. The number of ether oxygens (including phenoxy) is 2. The number of hydrogen-bond acceptors (Lipinski definition) is 5. The Morgan fingerprint density at radius 2 is 1.81 bits per heavy atom. The summed E-state index contributed by atoms with van der Waals surface area (Å²) in [5.74, 6) is 1.04. The fourth-order valence-electron chi connectivity index (χ4n) is 4.44. The highest BCUT2D eigenvalue weighted by Gasteiger charge is 2.31. The Balaban J connectivity index is 1.31. The van der Waals surface area contributed by atoms with Crippen molar-refractivity contribution in [2.24, 2.45) is 5.92 Å². The van der Waals surface area contributed by atoms with Gasteiger partial charge in [0.15, 0.2) is 17.3 Å². The molecule has 7 heteroatoms. The highest BCUT2D eigenvalue weighted by atomic mass is 19.1. The summed E-state index contributed by atoms with van der Waals surface area (Å²) in [7, 11) is 1.74. The number of hydrogen-bond donors (Lipinski definition) is 0. The first kappa shape index (κ1) is 22.3. The maximum atomic E-state index is 13.4. The lowest BCUT2D eigenvalue weighted by molar-refractivity contribution is -0.136. The highest BCUT2D eigenvalue weighted by molar-refractivity contribution is 5.98. The van der Waals surface area contributed by atoms with Crippen LogP contribution >= 0.6 is 0 Å². The summed E-state index contributed by atoms with van der Waals surface area (Å²) in [6, 6.07) is 11.4. The summed E-state index contributed by atoms with van der Waals surface area (Å²) >= 11 is 0. The van der Waals surface area contributed by atoms with Crippen molar-refractivity contribution in [1.29, 1.82) is 0 Å². The van der Waals surface area contributed by atoms with Gasteiger partial charge in [0.05, 0.1) is 6.04 Å². The van der Waals surface area contributed by atoms with Crippen LogP contribution in [0.4, 0.5) is 4.39 Å². The zero-order valence-corrected chi connectivity index (χ0v) is 18.6. The predicted molar refractivity (Wildman–Crippen MR) is 118 cm³/mol. The average molecular weight is 441 g/mol. The number of ketones is 1. The summed E-state index contributed by atoms with van der Waals surface area (Å²) in [5, 5.41) is 0. The van der Waals surface area contributed by atoms with E-state index in [0.717, 1.165) is 5.56 Å². The van der Waals surface area contributed by atoms with Gasteiger partial charge in [0.25, 0.3) is 0 Å². The minimum atomic E-state index is -0.304. The van der Waals surface area contributed by atoms with E-state index in [1.54, 1.807) is 36.2 Å². The molecule has 6 nitrogen and oxygen atoms in total. The molecule has 1 fully saturated rings. The minimum absolute atomic E-state index is 0.00845. The topological polar surface area (TPSA) is 59.1 Å². The van der Waals surface area contributed by atoms with Gasteiger partial charge in [0.1, 0.15) is 19.0 Å². The Morgan fingerprint density at radius 1 is 1.09 bits per heavy atom. The Hall–Kier alpha value is -2.93. The molecule has 2 aliphatic rings. The second-order valence-electron chi connectivity index (χ2n) is 8.53. The standard InChI is InChI=1S/C25H29FN2O4/c1-17(25(30)27(2)16-18-4-3-5-21(26)14-18)28-10-8-19(9-11-28)24(29)20-6-7-22-23(15-20)32-13-12-31-22/h3-7,14-15,17,19H,8-13,16H2,1-2H3/t17-/m0/s1. The van der Waals surface area contributed by atoms with Gasteiger partial charge < -0.3 is 14.4 Å². The van der Waals surface area contributed by atoms with Gasteiger partial charge in [-0.2, -0.15) is 0 Å². The Morgan fingerprint density at radius 3 is 2.53 bits per heavy atom. The molecule has 0 spiro atoms. The molecule has 2 aromatic carbocycles. The number of benzene rings is 2. The first-order valence-corrected chi connectivity index (χ1v) is 11.1. The zero-order chi connectivity index (χ0) is 22.7. The molecular weight excluding hydrogens is 411 g/mol. The van der Waals surface area contributed by atoms with E-state index in [4.69, 9.17) is 9.47 Å². The SMILES string of the molecule is C[C@@H](C(=O)N(C)Cc1cccc(F)c1)N1CCC(C(=O)c2ccc3c(c2)OCCO3)CC1. The number of carbonyl (C=O) groups is 2. The van der Waals surface area contributed by atoms with Crippen LogP contribution in [0, 0.1) is 11.7 Å². The molecule has 2 aliphatic heterocycles. The molecule has 0 aromatic heterocycles. The molecule has 0 aliphatic carbocycles. The van der Waals surface area contributed by atoms with Gasteiger partial charge in [-0.15, -0.1) is 0 Å². The van der Waals surface area contributed by atoms with Crippen LogP contribution in [0.5, 0.6) is 11.5 Å². The van der Waals surface area contributed by atoms with E-state index in [1.807, 2.05) is 13.0 Å². The second kappa shape index (κ2) is 9.69. The van der Waals surface area contributed by atoms with Crippen molar-refractivity contribution >= 4 is 11.7 Å². The third-order valence-corrected chi connectivity index (χ3v) is 6.32. The van der Waals surface area contributed by atoms with Crippen molar-refractivity contribution in [2.45, 2.75) is 32.4 Å². The Bertz CT molecular complexity index is 988. The fourth-order valence-corrected chi connectivity index (χ4v) is 4.44. The van der Waals surface area contributed by atoms with Crippen LogP contribution in [0.2, 0.25) is 0 Å². The molecule has 0 unspecified atom stereocenters. The van der Waals surface area contributed by atoms with E-state index in [-0.39, 0.29) is 29.5 Å². The van der Waals surface area contributed by atoms with Crippen LogP contribution in [0.15, 0.2) is 42.5 Å². The largest absolute Gasteiger partial charge is 0.486 e. The lowest BCUT2D eigenvalue weighted by atomic mass is 9.88. The van der Waals surface area contributed by atoms with Crippen molar-refractivity contribution in [2.75, 3.05) is 33.4 Å². The summed E-state index contributed by atoms with van der Waals surface area (Å²) in [4.78, 5) is 29.7. The number of piperidine rings is 1. The van der Waals surface area contributed by atoms with Crippen LogP contribution in [0.25, 0.3) is 0 Å². The minimum Gasteiger partial charge on any atom is -0.486 e. The van der Waals surface area contributed by atoms with E-state index in [9.17, 15) is 14.0 Å². The fraction of sp³-hybridized carbons (Fsp3) is 0.440. The molecule has 4 rings (SSSR count). The monoisotopic (exact) mass is 440 g/mol. The van der Waals surface area contributed by atoms with E-state index < -0.39 is 0 Å². The number of nitrogens with zero attached hydrogens (tertiary/aromatic N) is 2. The van der Waals surface area contributed by atoms with Gasteiger partial charge in [-0.1, -0.05) is 12.1 Å².